The van der Waals surface area contributed by atoms with Crippen LogP contribution in [0.4, 0.5) is 5.69 Å². The fourth-order valence-corrected chi connectivity index (χ4v) is 3.24. The molecular formula is C20H25NO2. The zero-order valence-corrected chi connectivity index (χ0v) is 14.4. The number of amides is 1. The lowest BCUT2D eigenvalue weighted by atomic mass is 9.57. The average molecular weight is 311 g/mol. The number of carbonyl (C=O) groups excluding carboxylic acids is 2. The number of rotatable bonds is 5. The van der Waals surface area contributed by atoms with Gasteiger partial charge in [-0.25, -0.2) is 0 Å². The summed E-state index contributed by atoms with van der Waals surface area (Å²) in [6, 6.07) is 7.20. The van der Waals surface area contributed by atoms with Crippen LogP contribution in [-0.2, 0) is 4.79 Å². The largest absolute Gasteiger partial charge is 0.324 e. The quantitative estimate of drug-likeness (QED) is 0.629. The van der Waals surface area contributed by atoms with Gasteiger partial charge in [-0.1, -0.05) is 43.7 Å². The van der Waals surface area contributed by atoms with Gasteiger partial charge in [0.15, 0.2) is 5.78 Å². The highest BCUT2D eigenvalue weighted by Gasteiger charge is 2.57. The molecule has 1 aliphatic rings. The number of nitrogens with one attached hydrogen (secondary N) is 1. The Morgan fingerprint density at radius 3 is 2.52 bits per heavy atom. The van der Waals surface area contributed by atoms with E-state index in [9.17, 15) is 9.59 Å². The fraction of sp³-hybridized carbons (Fsp3) is 0.400. The number of para-hydroxylation sites is 1. The molecule has 1 heterocycles. The van der Waals surface area contributed by atoms with Gasteiger partial charge in [0.1, 0.15) is 5.41 Å². The number of hydrogen-bond donors (Lipinski definition) is 1. The van der Waals surface area contributed by atoms with E-state index < -0.39 is 10.8 Å². The molecule has 0 radical (unpaired) electrons. The molecule has 3 nitrogen and oxygen atoms in total. The van der Waals surface area contributed by atoms with Gasteiger partial charge in [0.05, 0.1) is 5.69 Å². The first kappa shape index (κ1) is 17.2. The molecule has 0 aliphatic carbocycles. The third-order valence-electron chi connectivity index (χ3n) is 4.88. The van der Waals surface area contributed by atoms with Crippen molar-refractivity contribution in [2.45, 2.75) is 40.5 Å². The van der Waals surface area contributed by atoms with Gasteiger partial charge in [-0.3, -0.25) is 9.59 Å². The Hall–Kier alpha value is -2.16. The molecular weight excluding hydrogens is 286 g/mol. The maximum Gasteiger partial charge on any atom is 0.239 e. The molecule has 0 saturated carbocycles. The van der Waals surface area contributed by atoms with Gasteiger partial charge in [-0.05, 0) is 38.8 Å². The number of allylic oxidation sites excluding steroid dienone is 3. The van der Waals surface area contributed by atoms with E-state index in [1.807, 2.05) is 39.8 Å². The van der Waals surface area contributed by atoms with E-state index in [2.05, 4.69) is 18.0 Å². The van der Waals surface area contributed by atoms with Crippen molar-refractivity contribution in [1.29, 1.82) is 0 Å². The van der Waals surface area contributed by atoms with Gasteiger partial charge >= 0.3 is 0 Å². The SMILES string of the molecule is C=CC(C)(C)C1(CCC=C(C)C)C(=O)Nc2ccccc2C1=O. The number of carbonyl (C=O) groups is 2. The second kappa shape index (κ2) is 6.15. The summed E-state index contributed by atoms with van der Waals surface area (Å²) in [6.45, 7) is 11.7. The lowest BCUT2D eigenvalue weighted by Gasteiger charge is -2.45. The highest BCUT2D eigenvalue weighted by Crippen LogP contribution is 2.50. The van der Waals surface area contributed by atoms with Crippen LogP contribution >= 0.6 is 0 Å². The Labute approximate surface area is 138 Å². The molecule has 0 spiro atoms. The van der Waals surface area contributed by atoms with Crippen molar-refractivity contribution < 1.29 is 9.59 Å². The second-order valence-corrected chi connectivity index (χ2v) is 6.98. The van der Waals surface area contributed by atoms with Crippen molar-refractivity contribution in [3.8, 4) is 0 Å². The normalized spacial score (nSPS) is 20.5. The zero-order chi connectivity index (χ0) is 17.3. The lowest BCUT2D eigenvalue weighted by molar-refractivity contribution is -0.127. The standard InChI is InChI=1S/C20H25NO2/c1-6-19(4,5)20(13-9-10-14(2)3)17(22)15-11-7-8-12-16(15)21-18(20)23/h6-8,10-12H,1,9,13H2,2-5H3,(H,21,23). The van der Waals surface area contributed by atoms with E-state index in [4.69, 9.17) is 0 Å². The topological polar surface area (TPSA) is 46.2 Å². The van der Waals surface area contributed by atoms with Crippen LogP contribution in [0.15, 0.2) is 48.6 Å². The Morgan fingerprint density at radius 1 is 1.26 bits per heavy atom. The average Bonchev–Trinajstić information content (AvgIpc) is 2.50. The van der Waals surface area contributed by atoms with E-state index in [1.54, 1.807) is 18.2 Å². The van der Waals surface area contributed by atoms with Gasteiger partial charge in [0, 0.05) is 11.0 Å². The van der Waals surface area contributed by atoms with Gasteiger partial charge in [0.25, 0.3) is 0 Å². The van der Waals surface area contributed by atoms with Crippen LogP contribution in [0.1, 0.15) is 50.9 Å². The maximum atomic E-state index is 13.3. The molecule has 1 aliphatic heterocycles. The van der Waals surface area contributed by atoms with Crippen LogP contribution < -0.4 is 5.32 Å². The summed E-state index contributed by atoms with van der Waals surface area (Å²) >= 11 is 0. The van der Waals surface area contributed by atoms with Crippen molar-refractivity contribution in [3.05, 3.63) is 54.1 Å². The Bertz CT molecular complexity index is 681. The highest BCUT2D eigenvalue weighted by atomic mass is 16.2. The predicted molar refractivity (Wildman–Crippen MR) is 94.5 cm³/mol. The molecule has 0 bridgehead atoms. The van der Waals surface area contributed by atoms with E-state index in [1.165, 1.54) is 5.57 Å². The molecule has 0 fully saturated rings. The molecule has 1 aromatic rings. The van der Waals surface area contributed by atoms with Crippen LogP contribution in [0.25, 0.3) is 0 Å². The molecule has 1 N–H and O–H groups in total. The van der Waals surface area contributed by atoms with Crippen molar-refractivity contribution in [3.63, 3.8) is 0 Å². The maximum absolute atomic E-state index is 13.3. The molecule has 3 heteroatoms. The number of benzene rings is 1. The third kappa shape index (κ3) is 2.76. The number of fused-ring (bicyclic) bond motifs is 1. The Balaban J connectivity index is 2.57. The second-order valence-electron chi connectivity index (χ2n) is 6.98. The molecule has 2 rings (SSSR count). The van der Waals surface area contributed by atoms with Crippen LogP contribution in [0, 0.1) is 10.8 Å². The summed E-state index contributed by atoms with van der Waals surface area (Å²) in [5.74, 6) is -0.336. The minimum absolute atomic E-state index is 0.107. The molecule has 0 saturated heterocycles. The highest BCUT2D eigenvalue weighted by molar-refractivity contribution is 6.24. The first-order valence-corrected chi connectivity index (χ1v) is 7.98. The van der Waals surface area contributed by atoms with Gasteiger partial charge in [-0.2, -0.15) is 0 Å². The molecule has 122 valence electrons. The number of hydrogen-bond acceptors (Lipinski definition) is 2. The first-order valence-electron chi connectivity index (χ1n) is 7.98. The van der Waals surface area contributed by atoms with Crippen LogP contribution in [0.2, 0.25) is 0 Å². The van der Waals surface area contributed by atoms with Crippen LogP contribution in [-0.4, -0.2) is 11.7 Å². The van der Waals surface area contributed by atoms with Gasteiger partial charge < -0.3 is 5.32 Å². The van der Waals surface area contributed by atoms with Crippen molar-refractivity contribution in [1.82, 2.24) is 0 Å². The molecule has 1 aromatic carbocycles. The summed E-state index contributed by atoms with van der Waals surface area (Å²) in [5.41, 5.74) is 0.590. The number of Topliss-reactive ketones (excluding diaryl/α,β-unsaturated/α-hetero) is 1. The number of anilines is 1. The van der Waals surface area contributed by atoms with Crippen LogP contribution in [0.5, 0.6) is 0 Å². The molecule has 1 atom stereocenters. The van der Waals surface area contributed by atoms with E-state index in [-0.39, 0.29) is 11.7 Å². The molecule has 1 amide bonds. The summed E-state index contributed by atoms with van der Waals surface area (Å²) in [4.78, 5) is 26.3. The van der Waals surface area contributed by atoms with E-state index in [0.717, 1.165) is 0 Å². The minimum Gasteiger partial charge on any atom is -0.324 e. The lowest BCUT2D eigenvalue weighted by Crippen LogP contribution is -2.55. The van der Waals surface area contributed by atoms with Gasteiger partial charge in [0.2, 0.25) is 5.91 Å². The van der Waals surface area contributed by atoms with Crippen molar-refractivity contribution >= 4 is 17.4 Å². The zero-order valence-electron chi connectivity index (χ0n) is 14.4. The third-order valence-corrected chi connectivity index (χ3v) is 4.88. The first-order chi connectivity index (χ1) is 10.8. The van der Waals surface area contributed by atoms with Gasteiger partial charge in [-0.15, -0.1) is 6.58 Å². The summed E-state index contributed by atoms with van der Waals surface area (Å²) in [5, 5.41) is 2.93. The summed E-state index contributed by atoms with van der Waals surface area (Å²) in [7, 11) is 0. The molecule has 0 aromatic heterocycles. The number of ketones is 1. The van der Waals surface area contributed by atoms with Crippen LogP contribution in [0.3, 0.4) is 0 Å². The fourth-order valence-electron chi connectivity index (χ4n) is 3.24. The molecule has 1 unspecified atom stereocenters. The predicted octanol–water partition coefficient (Wildman–Crippen LogP) is 4.77. The summed E-state index contributed by atoms with van der Waals surface area (Å²) < 4.78 is 0. The minimum atomic E-state index is -1.13. The smallest absolute Gasteiger partial charge is 0.239 e. The Kier molecular flexibility index (Phi) is 4.60. The van der Waals surface area contributed by atoms with E-state index >= 15 is 0 Å². The monoisotopic (exact) mass is 311 g/mol. The molecule has 23 heavy (non-hydrogen) atoms. The summed E-state index contributed by atoms with van der Waals surface area (Å²) in [6.07, 6.45) is 4.94. The van der Waals surface area contributed by atoms with E-state index in [0.29, 0.717) is 24.1 Å². The van der Waals surface area contributed by atoms with Crippen molar-refractivity contribution in [2.75, 3.05) is 5.32 Å². The Morgan fingerprint density at radius 2 is 1.91 bits per heavy atom. The van der Waals surface area contributed by atoms with Crippen molar-refractivity contribution in [2.24, 2.45) is 10.8 Å².